The molecule has 2 amide bonds. The van der Waals surface area contributed by atoms with Crippen LogP contribution in [0.15, 0.2) is 54.6 Å². The fourth-order valence-electron chi connectivity index (χ4n) is 2.96. The first kappa shape index (κ1) is 16.1. The molecular weight excluding hydrogens is 304 g/mol. The third kappa shape index (κ3) is 3.74. The van der Waals surface area contributed by atoms with Crippen LogP contribution < -0.4 is 5.32 Å². The van der Waals surface area contributed by atoms with Gasteiger partial charge >= 0.3 is 12.0 Å². The van der Waals surface area contributed by atoms with E-state index in [-0.39, 0.29) is 12.5 Å². The molecule has 1 heterocycles. The lowest BCUT2D eigenvalue weighted by molar-refractivity contribution is -0.139. The largest absolute Gasteiger partial charge is 0.480 e. The highest BCUT2D eigenvalue weighted by Gasteiger charge is 2.25. The van der Waals surface area contributed by atoms with Gasteiger partial charge in [0.05, 0.1) is 0 Å². The first-order valence-corrected chi connectivity index (χ1v) is 8.02. The number of carboxylic acid groups (broad SMARTS) is 1. The molecule has 0 saturated heterocycles. The fraction of sp³-hybridized carbons (Fsp3) is 0.263. The van der Waals surface area contributed by atoms with E-state index in [1.807, 2.05) is 48.5 Å². The van der Waals surface area contributed by atoms with Crippen molar-refractivity contribution in [3.8, 4) is 0 Å². The predicted molar refractivity (Wildman–Crippen MR) is 90.7 cm³/mol. The van der Waals surface area contributed by atoms with Gasteiger partial charge in [0.25, 0.3) is 0 Å². The molecule has 0 spiro atoms. The second kappa shape index (κ2) is 7.17. The van der Waals surface area contributed by atoms with Crippen LogP contribution in [-0.4, -0.2) is 34.6 Å². The zero-order chi connectivity index (χ0) is 16.9. The molecule has 0 aliphatic carbocycles. The summed E-state index contributed by atoms with van der Waals surface area (Å²) < 4.78 is 0. The number of urea groups is 1. The number of nitrogens with zero attached hydrogens (tertiary/aromatic N) is 1. The van der Waals surface area contributed by atoms with Gasteiger partial charge in [-0.05, 0) is 23.1 Å². The Kier molecular flexibility index (Phi) is 4.79. The zero-order valence-corrected chi connectivity index (χ0v) is 13.3. The Balaban J connectivity index is 1.65. The molecule has 24 heavy (non-hydrogen) atoms. The number of amides is 2. The second-order valence-corrected chi connectivity index (χ2v) is 5.97. The minimum absolute atomic E-state index is 0.270. The van der Waals surface area contributed by atoms with Gasteiger partial charge in [-0.3, -0.25) is 0 Å². The van der Waals surface area contributed by atoms with E-state index in [4.69, 9.17) is 0 Å². The average Bonchev–Trinajstić information content (AvgIpc) is 2.61. The standard InChI is InChI=1S/C19H20N2O3/c22-18(23)17(12-14-6-2-1-3-7-14)20-19(24)21-11-10-15-8-4-5-9-16(15)13-21/h1-9,17H,10-13H2,(H,20,24)(H,22,23)/t17-/m0/s1. The summed E-state index contributed by atoms with van der Waals surface area (Å²) in [6, 6.07) is 16.1. The summed E-state index contributed by atoms with van der Waals surface area (Å²) in [4.78, 5) is 25.6. The van der Waals surface area contributed by atoms with E-state index < -0.39 is 12.0 Å². The maximum absolute atomic E-state index is 12.5. The van der Waals surface area contributed by atoms with Crippen molar-refractivity contribution in [1.29, 1.82) is 0 Å². The molecule has 124 valence electrons. The minimum atomic E-state index is -1.02. The Hall–Kier alpha value is -2.82. The quantitative estimate of drug-likeness (QED) is 0.907. The number of hydrogen-bond acceptors (Lipinski definition) is 2. The Morgan fingerprint density at radius 1 is 1.04 bits per heavy atom. The van der Waals surface area contributed by atoms with Crippen molar-refractivity contribution in [1.82, 2.24) is 10.2 Å². The lowest BCUT2D eigenvalue weighted by atomic mass is 10.0. The van der Waals surface area contributed by atoms with Gasteiger partial charge in [-0.1, -0.05) is 54.6 Å². The first-order chi connectivity index (χ1) is 11.6. The Morgan fingerprint density at radius 3 is 2.42 bits per heavy atom. The summed E-state index contributed by atoms with van der Waals surface area (Å²) >= 11 is 0. The van der Waals surface area contributed by atoms with Crippen LogP contribution in [0.1, 0.15) is 16.7 Å². The van der Waals surface area contributed by atoms with Gasteiger partial charge in [-0.15, -0.1) is 0 Å². The van der Waals surface area contributed by atoms with E-state index in [0.29, 0.717) is 13.1 Å². The molecule has 3 rings (SSSR count). The molecule has 2 aromatic carbocycles. The molecule has 5 heteroatoms. The van der Waals surface area contributed by atoms with Gasteiger partial charge in [0.1, 0.15) is 6.04 Å². The van der Waals surface area contributed by atoms with Crippen molar-refractivity contribution in [2.45, 2.75) is 25.4 Å². The Labute approximate surface area is 140 Å². The van der Waals surface area contributed by atoms with Crippen LogP contribution in [0.2, 0.25) is 0 Å². The molecule has 0 bridgehead atoms. The highest BCUT2D eigenvalue weighted by molar-refractivity contribution is 5.83. The maximum Gasteiger partial charge on any atom is 0.326 e. The van der Waals surface area contributed by atoms with Crippen molar-refractivity contribution in [3.05, 3.63) is 71.3 Å². The molecule has 2 N–H and O–H groups in total. The number of carboxylic acids is 1. The van der Waals surface area contributed by atoms with Crippen molar-refractivity contribution >= 4 is 12.0 Å². The maximum atomic E-state index is 12.5. The van der Waals surface area contributed by atoms with Crippen LogP contribution in [0.3, 0.4) is 0 Å². The van der Waals surface area contributed by atoms with E-state index in [9.17, 15) is 14.7 Å². The Bertz CT molecular complexity index is 730. The highest BCUT2D eigenvalue weighted by atomic mass is 16.4. The Morgan fingerprint density at radius 2 is 1.71 bits per heavy atom. The van der Waals surface area contributed by atoms with Gasteiger partial charge in [0, 0.05) is 19.5 Å². The average molecular weight is 324 g/mol. The molecule has 5 nitrogen and oxygen atoms in total. The molecule has 2 aromatic rings. The monoisotopic (exact) mass is 324 g/mol. The van der Waals surface area contributed by atoms with Crippen LogP contribution in [-0.2, 0) is 24.2 Å². The molecule has 0 unspecified atom stereocenters. The van der Waals surface area contributed by atoms with Crippen molar-refractivity contribution in [2.24, 2.45) is 0 Å². The van der Waals surface area contributed by atoms with Crippen molar-refractivity contribution < 1.29 is 14.7 Å². The summed E-state index contributed by atoms with van der Waals surface area (Å²) in [7, 11) is 0. The smallest absolute Gasteiger partial charge is 0.326 e. The molecule has 0 radical (unpaired) electrons. The van der Waals surface area contributed by atoms with E-state index >= 15 is 0 Å². The summed E-state index contributed by atoms with van der Waals surface area (Å²) in [5, 5.41) is 12.1. The van der Waals surface area contributed by atoms with Crippen LogP contribution in [0, 0.1) is 0 Å². The number of carbonyl (C=O) groups excluding carboxylic acids is 1. The SMILES string of the molecule is O=C(O)[C@H](Cc1ccccc1)NC(=O)N1CCc2ccccc2C1. The number of fused-ring (bicyclic) bond motifs is 1. The van der Waals surface area contributed by atoms with Gasteiger partial charge in [-0.25, -0.2) is 9.59 Å². The van der Waals surface area contributed by atoms with Gasteiger partial charge < -0.3 is 15.3 Å². The number of benzene rings is 2. The second-order valence-electron chi connectivity index (χ2n) is 5.97. The van der Waals surface area contributed by atoms with E-state index in [1.165, 1.54) is 5.56 Å². The summed E-state index contributed by atoms with van der Waals surface area (Å²) in [5.74, 6) is -1.02. The summed E-state index contributed by atoms with van der Waals surface area (Å²) in [5.41, 5.74) is 3.25. The van der Waals surface area contributed by atoms with Crippen molar-refractivity contribution in [3.63, 3.8) is 0 Å². The van der Waals surface area contributed by atoms with Crippen LogP contribution in [0.25, 0.3) is 0 Å². The number of hydrogen-bond donors (Lipinski definition) is 2. The first-order valence-electron chi connectivity index (χ1n) is 8.02. The molecule has 0 aromatic heterocycles. The van der Waals surface area contributed by atoms with E-state index in [1.54, 1.807) is 4.90 Å². The molecule has 0 saturated carbocycles. The zero-order valence-electron chi connectivity index (χ0n) is 13.3. The number of rotatable bonds is 4. The van der Waals surface area contributed by atoms with Crippen LogP contribution >= 0.6 is 0 Å². The summed E-state index contributed by atoms with van der Waals surface area (Å²) in [6.45, 7) is 1.11. The number of aliphatic carboxylic acids is 1. The third-order valence-corrected chi connectivity index (χ3v) is 4.30. The van der Waals surface area contributed by atoms with Crippen molar-refractivity contribution in [2.75, 3.05) is 6.54 Å². The third-order valence-electron chi connectivity index (χ3n) is 4.30. The van der Waals surface area contributed by atoms with Gasteiger partial charge in [0.15, 0.2) is 0 Å². The topological polar surface area (TPSA) is 69.6 Å². The van der Waals surface area contributed by atoms with Crippen LogP contribution in [0.4, 0.5) is 4.79 Å². The molecule has 0 fully saturated rings. The van der Waals surface area contributed by atoms with Gasteiger partial charge in [-0.2, -0.15) is 0 Å². The normalized spacial score (nSPS) is 14.6. The van der Waals surface area contributed by atoms with E-state index in [2.05, 4.69) is 11.4 Å². The summed E-state index contributed by atoms with van der Waals surface area (Å²) in [6.07, 6.45) is 1.06. The van der Waals surface area contributed by atoms with Crippen LogP contribution in [0.5, 0.6) is 0 Å². The van der Waals surface area contributed by atoms with Gasteiger partial charge in [0.2, 0.25) is 0 Å². The van der Waals surface area contributed by atoms with E-state index in [0.717, 1.165) is 17.5 Å². The highest BCUT2D eigenvalue weighted by Crippen LogP contribution is 2.18. The number of nitrogens with one attached hydrogen (secondary N) is 1. The molecule has 1 aliphatic heterocycles. The molecule has 1 aliphatic rings. The lowest BCUT2D eigenvalue weighted by Crippen LogP contribution is -2.50. The fourth-order valence-corrected chi connectivity index (χ4v) is 2.96. The minimum Gasteiger partial charge on any atom is -0.480 e. The molecular formula is C19H20N2O3. The number of carbonyl (C=O) groups is 2. The lowest BCUT2D eigenvalue weighted by Gasteiger charge is -2.30. The molecule has 1 atom stereocenters. The predicted octanol–water partition coefficient (Wildman–Crippen LogP) is 2.45.